The molecule has 0 unspecified atom stereocenters. The summed E-state index contributed by atoms with van der Waals surface area (Å²) < 4.78 is 5.21. The number of hydrogen-bond donors (Lipinski definition) is 3. The van der Waals surface area contributed by atoms with Crippen molar-refractivity contribution in [3.05, 3.63) is 35.0 Å². The van der Waals surface area contributed by atoms with Crippen molar-refractivity contribution in [1.29, 1.82) is 0 Å². The highest BCUT2D eigenvalue weighted by atomic mass is 35.5. The average molecular weight is 280 g/mol. The highest BCUT2D eigenvalue weighted by molar-refractivity contribution is 6.31. The maximum atomic E-state index is 12.1. The number of carbonyl (C=O) groups excluding carboxylic acids is 1. The number of halogens is 1. The zero-order valence-corrected chi connectivity index (χ0v) is 10.9. The number of fused-ring (bicyclic) bond motifs is 1. The van der Waals surface area contributed by atoms with Crippen LogP contribution in [0.1, 0.15) is 10.5 Å². The number of benzene rings is 1. The van der Waals surface area contributed by atoms with Crippen LogP contribution in [0.4, 0.5) is 0 Å². The lowest BCUT2D eigenvalue weighted by atomic mass is 10.2. The van der Waals surface area contributed by atoms with Crippen molar-refractivity contribution in [2.24, 2.45) is 5.73 Å². The van der Waals surface area contributed by atoms with E-state index in [0.29, 0.717) is 23.9 Å². The standard InChI is InChI=1S/C13H14ClN3O2/c14-8-1-2-10-7(3-8)4-11(16-10)13(18)17-12-6-19-5-9(12)15/h1-4,9,12,16H,5-6,15H2,(H,17,18)/t9-,12+/m1/s1. The van der Waals surface area contributed by atoms with E-state index < -0.39 is 0 Å². The van der Waals surface area contributed by atoms with Crippen molar-refractivity contribution < 1.29 is 9.53 Å². The average Bonchev–Trinajstić information content (AvgIpc) is 2.96. The van der Waals surface area contributed by atoms with Crippen LogP contribution in [0, 0.1) is 0 Å². The number of amides is 1. The van der Waals surface area contributed by atoms with Crippen molar-refractivity contribution in [3.8, 4) is 0 Å². The molecule has 2 atom stereocenters. The summed E-state index contributed by atoms with van der Waals surface area (Å²) in [5, 5.41) is 4.42. The molecule has 100 valence electrons. The van der Waals surface area contributed by atoms with Gasteiger partial charge in [-0.25, -0.2) is 0 Å². The minimum absolute atomic E-state index is 0.137. The van der Waals surface area contributed by atoms with Crippen LogP contribution >= 0.6 is 11.6 Å². The summed E-state index contributed by atoms with van der Waals surface area (Å²) in [7, 11) is 0. The van der Waals surface area contributed by atoms with Crippen LogP contribution in [-0.4, -0.2) is 36.2 Å². The number of aromatic amines is 1. The number of aromatic nitrogens is 1. The van der Waals surface area contributed by atoms with Crippen molar-refractivity contribution in [3.63, 3.8) is 0 Å². The normalized spacial score (nSPS) is 22.8. The first-order valence-electron chi connectivity index (χ1n) is 6.06. The van der Waals surface area contributed by atoms with Gasteiger partial charge in [0.05, 0.1) is 25.3 Å². The van der Waals surface area contributed by atoms with Gasteiger partial charge in [0.25, 0.3) is 5.91 Å². The molecule has 19 heavy (non-hydrogen) atoms. The predicted octanol–water partition coefficient (Wildman–Crippen LogP) is 1.28. The molecular weight excluding hydrogens is 266 g/mol. The molecule has 0 aliphatic carbocycles. The molecule has 6 heteroatoms. The molecule has 0 bridgehead atoms. The van der Waals surface area contributed by atoms with Crippen molar-refractivity contribution in [2.45, 2.75) is 12.1 Å². The number of rotatable bonds is 2. The molecule has 1 aromatic carbocycles. The second-order valence-electron chi connectivity index (χ2n) is 4.70. The Bertz CT molecular complexity index is 625. The van der Waals surface area contributed by atoms with Crippen LogP contribution in [0.5, 0.6) is 0 Å². The summed E-state index contributed by atoms with van der Waals surface area (Å²) >= 11 is 5.92. The van der Waals surface area contributed by atoms with Gasteiger partial charge in [-0.05, 0) is 24.3 Å². The van der Waals surface area contributed by atoms with Gasteiger partial charge in [-0.2, -0.15) is 0 Å². The Balaban J connectivity index is 1.81. The van der Waals surface area contributed by atoms with Crippen molar-refractivity contribution in [1.82, 2.24) is 10.3 Å². The summed E-state index contributed by atoms with van der Waals surface area (Å²) in [5.41, 5.74) is 7.21. The third kappa shape index (κ3) is 2.45. The van der Waals surface area contributed by atoms with Crippen molar-refractivity contribution >= 4 is 28.4 Å². The predicted molar refractivity (Wildman–Crippen MR) is 73.4 cm³/mol. The molecule has 1 aliphatic rings. The Morgan fingerprint density at radius 1 is 1.42 bits per heavy atom. The number of ether oxygens (including phenoxy) is 1. The molecule has 2 aromatic rings. The number of carbonyl (C=O) groups is 1. The van der Waals surface area contributed by atoms with E-state index >= 15 is 0 Å². The fourth-order valence-electron chi connectivity index (χ4n) is 2.19. The van der Waals surface area contributed by atoms with E-state index in [9.17, 15) is 4.79 Å². The molecular formula is C13H14ClN3O2. The van der Waals surface area contributed by atoms with Crippen LogP contribution in [0.2, 0.25) is 5.02 Å². The van der Waals surface area contributed by atoms with Gasteiger partial charge < -0.3 is 20.8 Å². The fraction of sp³-hybridized carbons (Fsp3) is 0.308. The minimum atomic E-state index is -0.182. The molecule has 1 amide bonds. The molecule has 3 rings (SSSR count). The van der Waals surface area contributed by atoms with E-state index in [4.69, 9.17) is 22.1 Å². The smallest absolute Gasteiger partial charge is 0.268 e. The zero-order chi connectivity index (χ0) is 13.4. The second-order valence-corrected chi connectivity index (χ2v) is 5.13. The number of nitrogens with two attached hydrogens (primary N) is 1. The second kappa shape index (κ2) is 4.85. The molecule has 0 radical (unpaired) electrons. The summed E-state index contributed by atoms with van der Waals surface area (Å²) in [6.07, 6.45) is 0. The maximum absolute atomic E-state index is 12.1. The molecule has 0 spiro atoms. The molecule has 1 saturated heterocycles. The lowest BCUT2D eigenvalue weighted by Gasteiger charge is -2.14. The molecule has 5 nitrogen and oxygen atoms in total. The van der Waals surface area contributed by atoms with Crippen LogP contribution in [0.25, 0.3) is 10.9 Å². The van der Waals surface area contributed by atoms with Gasteiger partial charge in [-0.1, -0.05) is 11.6 Å². The Hall–Kier alpha value is -1.56. The SMILES string of the molecule is N[C@@H]1COC[C@@H]1NC(=O)c1cc2cc(Cl)ccc2[nH]1. The lowest BCUT2D eigenvalue weighted by Crippen LogP contribution is -2.46. The van der Waals surface area contributed by atoms with E-state index in [0.717, 1.165) is 10.9 Å². The quantitative estimate of drug-likeness (QED) is 0.775. The van der Waals surface area contributed by atoms with Crippen LogP contribution in [0.15, 0.2) is 24.3 Å². The fourth-order valence-corrected chi connectivity index (χ4v) is 2.37. The van der Waals surface area contributed by atoms with E-state index in [1.807, 2.05) is 12.1 Å². The van der Waals surface area contributed by atoms with Gasteiger partial charge in [0.2, 0.25) is 0 Å². The first kappa shape index (κ1) is 12.5. The van der Waals surface area contributed by atoms with Gasteiger partial charge in [0.15, 0.2) is 0 Å². The number of H-pyrrole nitrogens is 1. The highest BCUT2D eigenvalue weighted by Gasteiger charge is 2.26. The topological polar surface area (TPSA) is 80.1 Å². The lowest BCUT2D eigenvalue weighted by molar-refractivity contribution is 0.0924. The van der Waals surface area contributed by atoms with Crippen LogP contribution in [-0.2, 0) is 4.74 Å². The van der Waals surface area contributed by atoms with Gasteiger partial charge in [-0.15, -0.1) is 0 Å². The maximum Gasteiger partial charge on any atom is 0.268 e. The molecule has 4 N–H and O–H groups in total. The monoisotopic (exact) mass is 279 g/mol. The Kier molecular flexibility index (Phi) is 3.18. The number of hydrogen-bond acceptors (Lipinski definition) is 3. The van der Waals surface area contributed by atoms with Gasteiger partial charge in [0.1, 0.15) is 5.69 Å². The van der Waals surface area contributed by atoms with Crippen molar-refractivity contribution in [2.75, 3.05) is 13.2 Å². The Morgan fingerprint density at radius 2 is 2.26 bits per heavy atom. The number of nitrogens with one attached hydrogen (secondary N) is 2. The van der Waals surface area contributed by atoms with E-state index in [1.54, 1.807) is 12.1 Å². The molecule has 1 aliphatic heterocycles. The molecule has 1 fully saturated rings. The first-order valence-corrected chi connectivity index (χ1v) is 6.44. The first-order chi connectivity index (χ1) is 9.13. The van der Waals surface area contributed by atoms with Gasteiger partial charge in [0, 0.05) is 15.9 Å². The summed E-state index contributed by atoms with van der Waals surface area (Å²) in [4.78, 5) is 15.2. The third-order valence-electron chi connectivity index (χ3n) is 3.27. The third-order valence-corrected chi connectivity index (χ3v) is 3.50. The van der Waals surface area contributed by atoms with E-state index in [-0.39, 0.29) is 18.0 Å². The highest BCUT2D eigenvalue weighted by Crippen LogP contribution is 2.20. The summed E-state index contributed by atoms with van der Waals surface area (Å²) in [6, 6.07) is 6.93. The molecule has 0 saturated carbocycles. The van der Waals surface area contributed by atoms with Gasteiger partial charge >= 0.3 is 0 Å². The Morgan fingerprint density at radius 3 is 3.00 bits per heavy atom. The summed E-state index contributed by atoms with van der Waals surface area (Å²) in [6.45, 7) is 0.937. The van der Waals surface area contributed by atoms with E-state index in [2.05, 4.69) is 10.3 Å². The zero-order valence-electron chi connectivity index (χ0n) is 10.2. The summed E-state index contributed by atoms with van der Waals surface area (Å²) in [5.74, 6) is -0.182. The van der Waals surface area contributed by atoms with E-state index in [1.165, 1.54) is 0 Å². The van der Waals surface area contributed by atoms with Crippen LogP contribution < -0.4 is 11.1 Å². The molecule has 1 aromatic heterocycles. The van der Waals surface area contributed by atoms with Gasteiger partial charge in [-0.3, -0.25) is 4.79 Å². The minimum Gasteiger partial charge on any atom is -0.378 e. The Labute approximate surface area is 115 Å². The van der Waals surface area contributed by atoms with Crippen LogP contribution in [0.3, 0.4) is 0 Å². The molecule has 2 heterocycles. The largest absolute Gasteiger partial charge is 0.378 e.